The monoisotopic (exact) mass is 286 g/mol. The van der Waals surface area contributed by atoms with E-state index in [2.05, 4.69) is 26.1 Å². The highest BCUT2D eigenvalue weighted by molar-refractivity contribution is 9.10. The lowest BCUT2D eigenvalue weighted by molar-refractivity contribution is 0.0807. The van der Waals surface area contributed by atoms with Crippen molar-refractivity contribution in [2.24, 2.45) is 10.9 Å². The molecule has 16 heavy (non-hydrogen) atoms. The molecule has 0 saturated heterocycles. The maximum absolute atomic E-state index is 11.9. The summed E-state index contributed by atoms with van der Waals surface area (Å²) in [5, 5.41) is 11.2. The smallest absolute Gasteiger partial charge is 0.273 e. The zero-order valence-electron chi connectivity index (χ0n) is 8.59. The molecular formula is C9H11BrN4O2. The van der Waals surface area contributed by atoms with Crippen molar-refractivity contribution in [1.29, 1.82) is 0 Å². The molecule has 0 aliphatic rings. The molecule has 86 valence electrons. The summed E-state index contributed by atoms with van der Waals surface area (Å²) < 4.78 is 0.603. The third-order valence-electron chi connectivity index (χ3n) is 1.84. The minimum atomic E-state index is -0.306. The molecule has 1 amide bonds. The zero-order valence-corrected chi connectivity index (χ0v) is 10.2. The molecule has 0 atom stereocenters. The van der Waals surface area contributed by atoms with Crippen LogP contribution >= 0.6 is 15.9 Å². The van der Waals surface area contributed by atoms with Crippen LogP contribution in [-0.4, -0.2) is 40.4 Å². The summed E-state index contributed by atoms with van der Waals surface area (Å²) in [5.41, 5.74) is 5.59. The van der Waals surface area contributed by atoms with E-state index in [0.29, 0.717) is 4.47 Å². The Balaban J connectivity index is 2.83. The molecule has 7 heteroatoms. The number of aromatic nitrogens is 1. The highest BCUT2D eigenvalue weighted by Gasteiger charge is 2.16. The van der Waals surface area contributed by atoms with Crippen molar-refractivity contribution < 1.29 is 10.0 Å². The van der Waals surface area contributed by atoms with Gasteiger partial charge in [-0.1, -0.05) is 5.16 Å². The number of amides is 1. The zero-order chi connectivity index (χ0) is 12.1. The molecule has 0 aliphatic carbocycles. The van der Waals surface area contributed by atoms with E-state index in [9.17, 15) is 4.79 Å². The van der Waals surface area contributed by atoms with Crippen LogP contribution in [0, 0.1) is 0 Å². The number of carbonyl (C=O) groups is 1. The van der Waals surface area contributed by atoms with Gasteiger partial charge < -0.3 is 15.8 Å². The fourth-order valence-corrected chi connectivity index (χ4v) is 1.49. The van der Waals surface area contributed by atoms with E-state index in [4.69, 9.17) is 10.9 Å². The molecule has 0 aromatic carbocycles. The molecular weight excluding hydrogens is 276 g/mol. The van der Waals surface area contributed by atoms with Crippen molar-refractivity contribution in [3.63, 3.8) is 0 Å². The molecule has 1 aromatic heterocycles. The van der Waals surface area contributed by atoms with E-state index in [0.717, 1.165) is 0 Å². The summed E-state index contributed by atoms with van der Waals surface area (Å²) in [6, 6.07) is 3.43. The molecule has 0 spiro atoms. The number of pyridine rings is 1. The average molecular weight is 287 g/mol. The second-order valence-corrected chi connectivity index (χ2v) is 3.94. The number of carbonyl (C=O) groups excluding carboxylic acids is 1. The molecule has 1 aromatic rings. The van der Waals surface area contributed by atoms with Crippen molar-refractivity contribution in [3.8, 4) is 0 Å². The fourth-order valence-electron chi connectivity index (χ4n) is 1.07. The van der Waals surface area contributed by atoms with Crippen LogP contribution in [0.2, 0.25) is 0 Å². The highest BCUT2D eigenvalue weighted by Crippen LogP contribution is 2.14. The van der Waals surface area contributed by atoms with Crippen LogP contribution in [-0.2, 0) is 0 Å². The summed E-state index contributed by atoms with van der Waals surface area (Å²) in [7, 11) is 1.54. The maximum atomic E-state index is 11.9. The Labute approximate surface area is 101 Å². The molecule has 0 radical (unpaired) electrons. The molecule has 0 bridgehead atoms. The number of nitrogens with zero attached hydrogens (tertiary/aromatic N) is 3. The second-order valence-electron chi connectivity index (χ2n) is 3.09. The van der Waals surface area contributed by atoms with E-state index in [1.54, 1.807) is 19.2 Å². The van der Waals surface area contributed by atoms with E-state index in [-0.39, 0.29) is 24.0 Å². The van der Waals surface area contributed by atoms with Gasteiger partial charge in [-0.2, -0.15) is 0 Å². The largest absolute Gasteiger partial charge is 0.409 e. The van der Waals surface area contributed by atoms with Crippen LogP contribution in [0.25, 0.3) is 0 Å². The fraction of sp³-hybridized carbons (Fsp3) is 0.222. The summed E-state index contributed by atoms with van der Waals surface area (Å²) in [6.45, 7) is 0.0400. The summed E-state index contributed by atoms with van der Waals surface area (Å²) in [4.78, 5) is 17.1. The van der Waals surface area contributed by atoms with Crippen molar-refractivity contribution in [2.75, 3.05) is 13.6 Å². The van der Waals surface area contributed by atoms with Crippen LogP contribution in [0.5, 0.6) is 0 Å². The van der Waals surface area contributed by atoms with Crippen molar-refractivity contribution in [3.05, 3.63) is 28.5 Å². The van der Waals surface area contributed by atoms with Gasteiger partial charge in [-0.25, -0.2) is 4.98 Å². The maximum Gasteiger partial charge on any atom is 0.273 e. The Morgan fingerprint density at radius 1 is 1.75 bits per heavy atom. The van der Waals surface area contributed by atoms with E-state index < -0.39 is 0 Å². The van der Waals surface area contributed by atoms with Gasteiger partial charge in [-0.05, 0) is 28.1 Å². The van der Waals surface area contributed by atoms with Gasteiger partial charge in [-0.3, -0.25) is 4.79 Å². The molecule has 3 N–H and O–H groups in total. The third kappa shape index (κ3) is 2.93. The first kappa shape index (κ1) is 12.4. The Bertz CT molecular complexity index is 422. The van der Waals surface area contributed by atoms with Crippen LogP contribution in [0.15, 0.2) is 28.0 Å². The summed E-state index contributed by atoms with van der Waals surface area (Å²) in [6.07, 6.45) is 1.52. The van der Waals surface area contributed by atoms with Crippen molar-refractivity contribution >= 4 is 27.7 Å². The Morgan fingerprint density at radius 3 is 3.00 bits per heavy atom. The lowest BCUT2D eigenvalue weighted by Gasteiger charge is -2.15. The van der Waals surface area contributed by atoms with E-state index in [1.807, 2.05) is 0 Å². The lowest BCUT2D eigenvalue weighted by atomic mass is 10.3. The van der Waals surface area contributed by atoms with Gasteiger partial charge in [0.05, 0.1) is 6.54 Å². The van der Waals surface area contributed by atoms with Crippen molar-refractivity contribution in [2.45, 2.75) is 0 Å². The van der Waals surface area contributed by atoms with Gasteiger partial charge in [-0.15, -0.1) is 0 Å². The number of rotatable bonds is 3. The number of hydrogen-bond acceptors (Lipinski definition) is 4. The Hall–Kier alpha value is -1.63. The second kappa shape index (κ2) is 5.45. The topological polar surface area (TPSA) is 91.8 Å². The number of amidine groups is 1. The van der Waals surface area contributed by atoms with Crippen LogP contribution < -0.4 is 5.73 Å². The predicted molar refractivity (Wildman–Crippen MR) is 62.3 cm³/mol. The van der Waals surface area contributed by atoms with Gasteiger partial charge in [0, 0.05) is 17.7 Å². The number of hydrogen-bond donors (Lipinski definition) is 2. The molecule has 6 nitrogen and oxygen atoms in total. The highest BCUT2D eigenvalue weighted by atomic mass is 79.9. The van der Waals surface area contributed by atoms with Gasteiger partial charge in [0.2, 0.25) is 0 Å². The number of likely N-dealkylation sites (N-methyl/N-ethyl adjacent to an activating group) is 1. The van der Waals surface area contributed by atoms with Gasteiger partial charge in [0.25, 0.3) is 5.91 Å². The summed E-state index contributed by atoms with van der Waals surface area (Å²) in [5.74, 6) is -0.345. The average Bonchev–Trinajstić information content (AvgIpc) is 2.28. The third-order valence-corrected chi connectivity index (χ3v) is 2.48. The van der Waals surface area contributed by atoms with E-state index >= 15 is 0 Å². The molecule has 0 aliphatic heterocycles. The minimum Gasteiger partial charge on any atom is -0.409 e. The SMILES string of the molecule is CN(C/C(N)=N/O)C(=O)c1ncccc1Br. The Morgan fingerprint density at radius 2 is 2.44 bits per heavy atom. The Kier molecular flexibility index (Phi) is 4.24. The van der Waals surface area contributed by atoms with E-state index in [1.165, 1.54) is 11.1 Å². The van der Waals surface area contributed by atoms with Gasteiger partial charge >= 0.3 is 0 Å². The summed E-state index contributed by atoms with van der Waals surface area (Å²) >= 11 is 3.23. The predicted octanol–water partition coefficient (Wildman–Crippen LogP) is 0.663. The number of halogens is 1. The first-order valence-electron chi connectivity index (χ1n) is 4.38. The molecule has 0 unspecified atom stereocenters. The standard InChI is InChI=1S/C9H11BrN4O2/c1-14(5-7(11)13-16)9(15)8-6(10)3-2-4-12-8/h2-4,16H,5H2,1H3,(H2,11,13). The van der Waals surface area contributed by atoms with Gasteiger partial charge in [0.15, 0.2) is 5.84 Å². The van der Waals surface area contributed by atoms with Crippen LogP contribution in [0.4, 0.5) is 0 Å². The number of oxime groups is 1. The molecule has 1 heterocycles. The van der Waals surface area contributed by atoms with Gasteiger partial charge in [0.1, 0.15) is 5.69 Å². The molecule has 1 rings (SSSR count). The van der Waals surface area contributed by atoms with Crippen LogP contribution in [0.3, 0.4) is 0 Å². The quantitative estimate of drug-likeness (QED) is 0.370. The minimum absolute atomic E-state index is 0.0390. The number of nitrogens with two attached hydrogens (primary N) is 1. The first-order valence-corrected chi connectivity index (χ1v) is 5.18. The van der Waals surface area contributed by atoms with Crippen LogP contribution in [0.1, 0.15) is 10.5 Å². The normalized spacial score (nSPS) is 11.2. The van der Waals surface area contributed by atoms with Crippen molar-refractivity contribution in [1.82, 2.24) is 9.88 Å². The first-order chi connectivity index (χ1) is 7.56. The molecule has 0 saturated carbocycles. The molecule has 0 fully saturated rings. The lowest BCUT2D eigenvalue weighted by Crippen LogP contribution is -2.36.